The maximum absolute atomic E-state index is 13.5. The molecule has 0 unspecified atom stereocenters. The van der Waals surface area contributed by atoms with Crippen LogP contribution in [0.15, 0.2) is 18.2 Å². The second-order valence-electron chi connectivity index (χ2n) is 3.29. The summed E-state index contributed by atoms with van der Waals surface area (Å²) in [5.74, 6) is -0.720. The lowest BCUT2D eigenvalue weighted by atomic mass is 10.1. The van der Waals surface area contributed by atoms with E-state index in [4.69, 9.17) is 5.73 Å². The van der Waals surface area contributed by atoms with Gasteiger partial charge in [-0.05, 0) is 24.6 Å². The molecule has 0 bridgehead atoms. The summed E-state index contributed by atoms with van der Waals surface area (Å²) in [6, 6.07) is 3.71. The largest absolute Gasteiger partial charge is 0.382 e. The number of hydrogen-bond donors (Lipinski definition) is 2. The first-order valence-electron chi connectivity index (χ1n) is 4.35. The zero-order chi connectivity index (χ0) is 11.0. The number of aromatic amines is 1. The molecular weight excluding hydrogens is 200 g/mol. The van der Waals surface area contributed by atoms with Crippen LogP contribution >= 0.6 is 0 Å². The number of nitrogens with zero attached hydrogens (tertiary/aromatic N) is 1. The minimum atomic E-state index is -0.502. The van der Waals surface area contributed by atoms with E-state index in [2.05, 4.69) is 10.2 Å². The van der Waals surface area contributed by atoms with Gasteiger partial charge < -0.3 is 5.73 Å². The summed E-state index contributed by atoms with van der Waals surface area (Å²) in [5.41, 5.74) is 6.13. The first kappa shape index (κ1) is 9.64. The summed E-state index contributed by atoms with van der Waals surface area (Å²) in [4.78, 5) is 0. The normalized spacial score (nSPS) is 10.6. The Kier molecular flexibility index (Phi) is 2.15. The third-order valence-electron chi connectivity index (χ3n) is 2.14. The molecule has 0 atom stereocenters. The molecule has 1 aromatic carbocycles. The summed E-state index contributed by atoms with van der Waals surface area (Å²) in [5, 5.41) is 6.18. The summed E-state index contributed by atoms with van der Waals surface area (Å²) in [6.07, 6.45) is 0. The number of anilines is 1. The van der Waals surface area contributed by atoms with Crippen LogP contribution in [0.25, 0.3) is 11.3 Å². The molecule has 0 spiro atoms. The minimum absolute atomic E-state index is 0.127. The molecule has 78 valence electrons. The third kappa shape index (κ3) is 1.68. The summed E-state index contributed by atoms with van der Waals surface area (Å²) < 4.78 is 26.7. The van der Waals surface area contributed by atoms with Crippen molar-refractivity contribution in [2.45, 2.75) is 6.92 Å². The molecule has 5 heteroatoms. The Hall–Kier alpha value is -1.91. The van der Waals surface area contributed by atoms with Crippen LogP contribution in [0.1, 0.15) is 5.56 Å². The van der Waals surface area contributed by atoms with Crippen molar-refractivity contribution in [3.05, 3.63) is 35.4 Å². The van der Waals surface area contributed by atoms with Gasteiger partial charge >= 0.3 is 0 Å². The van der Waals surface area contributed by atoms with E-state index in [1.54, 1.807) is 0 Å². The number of nitrogens with two attached hydrogens (primary N) is 1. The molecule has 0 saturated carbocycles. The highest BCUT2D eigenvalue weighted by atomic mass is 19.1. The second-order valence-corrected chi connectivity index (χ2v) is 3.29. The molecule has 3 nitrogen and oxygen atoms in total. The predicted octanol–water partition coefficient (Wildman–Crippen LogP) is 2.25. The molecule has 0 aliphatic heterocycles. The monoisotopic (exact) mass is 209 g/mol. The molecule has 0 amide bonds. The Morgan fingerprint density at radius 3 is 2.53 bits per heavy atom. The Balaban J connectivity index is 2.58. The Morgan fingerprint density at radius 1 is 1.20 bits per heavy atom. The van der Waals surface area contributed by atoms with Gasteiger partial charge in [-0.25, -0.2) is 8.78 Å². The smallest absolute Gasteiger partial charge is 0.145 e. The van der Waals surface area contributed by atoms with Gasteiger partial charge in [-0.3, -0.25) is 5.10 Å². The zero-order valence-electron chi connectivity index (χ0n) is 8.01. The van der Waals surface area contributed by atoms with E-state index in [1.807, 2.05) is 0 Å². The average Bonchev–Trinajstić information content (AvgIpc) is 2.58. The van der Waals surface area contributed by atoms with Gasteiger partial charge in [0.25, 0.3) is 0 Å². The van der Waals surface area contributed by atoms with Crippen molar-refractivity contribution >= 4 is 5.82 Å². The van der Waals surface area contributed by atoms with Crippen LogP contribution in [0.3, 0.4) is 0 Å². The SMILES string of the molecule is Cc1cc(F)c(-c2cc(N)n[nH]2)cc1F. The molecule has 0 saturated heterocycles. The first-order chi connectivity index (χ1) is 7.08. The van der Waals surface area contributed by atoms with Crippen molar-refractivity contribution in [2.75, 3.05) is 5.73 Å². The van der Waals surface area contributed by atoms with E-state index in [1.165, 1.54) is 13.0 Å². The maximum Gasteiger partial charge on any atom is 0.145 e. The molecule has 2 aromatic rings. The molecule has 0 aliphatic carbocycles. The van der Waals surface area contributed by atoms with Gasteiger partial charge in [-0.1, -0.05) is 0 Å². The Bertz CT molecular complexity index is 505. The lowest BCUT2D eigenvalue weighted by Gasteiger charge is -2.02. The van der Waals surface area contributed by atoms with Crippen LogP contribution in [0.5, 0.6) is 0 Å². The van der Waals surface area contributed by atoms with Gasteiger partial charge in [0.2, 0.25) is 0 Å². The number of aromatic nitrogens is 2. The minimum Gasteiger partial charge on any atom is -0.382 e. The quantitative estimate of drug-likeness (QED) is 0.756. The van der Waals surface area contributed by atoms with E-state index in [0.29, 0.717) is 5.69 Å². The molecule has 1 heterocycles. The molecular formula is C10H9F2N3. The van der Waals surface area contributed by atoms with Gasteiger partial charge in [0.15, 0.2) is 0 Å². The fourth-order valence-corrected chi connectivity index (χ4v) is 1.33. The fraction of sp³-hybridized carbons (Fsp3) is 0.100. The molecule has 15 heavy (non-hydrogen) atoms. The van der Waals surface area contributed by atoms with Gasteiger partial charge in [0.05, 0.1) is 5.69 Å². The molecule has 2 rings (SSSR count). The van der Waals surface area contributed by atoms with E-state index in [0.717, 1.165) is 12.1 Å². The number of benzene rings is 1. The van der Waals surface area contributed by atoms with Gasteiger partial charge in [-0.15, -0.1) is 0 Å². The fourth-order valence-electron chi connectivity index (χ4n) is 1.33. The number of nitrogens with one attached hydrogen (secondary N) is 1. The predicted molar refractivity (Wildman–Crippen MR) is 53.1 cm³/mol. The van der Waals surface area contributed by atoms with Crippen LogP contribution in [0, 0.1) is 18.6 Å². The molecule has 1 aromatic heterocycles. The van der Waals surface area contributed by atoms with Crippen molar-refractivity contribution in [1.29, 1.82) is 0 Å². The van der Waals surface area contributed by atoms with Crippen LogP contribution in [0.2, 0.25) is 0 Å². The van der Waals surface area contributed by atoms with Crippen LogP contribution in [0.4, 0.5) is 14.6 Å². The van der Waals surface area contributed by atoms with Gasteiger partial charge in [0, 0.05) is 11.6 Å². The highest BCUT2D eigenvalue weighted by molar-refractivity contribution is 5.63. The molecule has 3 N–H and O–H groups in total. The van der Waals surface area contributed by atoms with Crippen molar-refractivity contribution in [2.24, 2.45) is 0 Å². The van der Waals surface area contributed by atoms with E-state index >= 15 is 0 Å². The highest BCUT2D eigenvalue weighted by Gasteiger charge is 2.11. The summed E-state index contributed by atoms with van der Waals surface area (Å²) in [7, 11) is 0. The Labute approximate surface area is 84.9 Å². The van der Waals surface area contributed by atoms with Crippen LogP contribution < -0.4 is 5.73 Å². The molecule has 0 fully saturated rings. The number of aryl methyl sites for hydroxylation is 1. The molecule has 0 aliphatic rings. The van der Waals surface area contributed by atoms with E-state index < -0.39 is 11.6 Å². The van der Waals surface area contributed by atoms with Crippen molar-refractivity contribution in [3.8, 4) is 11.3 Å². The number of H-pyrrole nitrogens is 1. The topological polar surface area (TPSA) is 54.7 Å². The van der Waals surface area contributed by atoms with Crippen molar-refractivity contribution < 1.29 is 8.78 Å². The molecule has 0 radical (unpaired) electrons. The van der Waals surface area contributed by atoms with Crippen molar-refractivity contribution in [3.63, 3.8) is 0 Å². The lowest BCUT2D eigenvalue weighted by Crippen LogP contribution is -1.90. The van der Waals surface area contributed by atoms with Crippen LogP contribution in [-0.4, -0.2) is 10.2 Å². The Morgan fingerprint density at radius 2 is 1.93 bits per heavy atom. The lowest BCUT2D eigenvalue weighted by molar-refractivity contribution is 0.594. The van der Waals surface area contributed by atoms with Crippen LogP contribution in [-0.2, 0) is 0 Å². The van der Waals surface area contributed by atoms with Gasteiger partial charge in [0.1, 0.15) is 17.5 Å². The standard InChI is InChI=1S/C10H9F2N3/c1-5-2-8(12)6(3-7(5)11)9-4-10(13)15-14-9/h2-4H,1H3,(H3,13,14,15). The summed E-state index contributed by atoms with van der Waals surface area (Å²) in [6.45, 7) is 1.50. The maximum atomic E-state index is 13.5. The van der Waals surface area contributed by atoms with Gasteiger partial charge in [-0.2, -0.15) is 5.10 Å². The number of halogens is 2. The average molecular weight is 209 g/mol. The number of rotatable bonds is 1. The summed E-state index contributed by atoms with van der Waals surface area (Å²) >= 11 is 0. The highest BCUT2D eigenvalue weighted by Crippen LogP contribution is 2.24. The van der Waals surface area contributed by atoms with E-state index in [-0.39, 0.29) is 16.9 Å². The first-order valence-corrected chi connectivity index (χ1v) is 4.35. The third-order valence-corrected chi connectivity index (χ3v) is 2.14. The second kappa shape index (κ2) is 3.34. The number of hydrogen-bond acceptors (Lipinski definition) is 2. The van der Waals surface area contributed by atoms with E-state index in [9.17, 15) is 8.78 Å². The van der Waals surface area contributed by atoms with Crippen molar-refractivity contribution in [1.82, 2.24) is 10.2 Å². The zero-order valence-corrected chi connectivity index (χ0v) is 8.01. The number of nitrogen functional groups attached to an aromatic ring is 1.